The molecule has 0 bridgehead atoms. The van der Waals surface area contributed by atoms with Crippen LogP contribution in [0.1, 0.15) is 38.3 Å². The number of pyridine rings is 1. The first kappa shape index (κ1) is 14.9. The van der Waals surface area contributed by atoms with Crippen molar-refractivity contribution in [2.45, 2.75) is 38.8 Å². The summed E-state index contributed by atoms with van der Waals surface area (Å²) in [4.78, 5) is 4.44. The average Bonchev–Trinajstić information content (AvgIpc) is 2.50. The van der Waals surface area contributed by atoms with Crippen molar-refractivity contribution in [2.75, 3.05) is 13.7 Å². The largest absolute Gasteiger partial charge is 0.382 e. The second kappa shape index (κ2) is 7.36. The number of rotatable bonds is 7. The molecular formula is C17H24N2O. The van der Waals surface area contributed by atoms with Gasteiger partial charge in [0.25, 0.3) is 0 Å². The summed E-state index contributed by atoms with van der Waals surface area (Å²) < 4.78 is 5.41. The first-order chi connectivity index (χ1) is 9.74. The van der Waals surface area contributed by atoms with Crippen molar-refractivity contribution in [2.24, 2.45) is 0 Å². The van der Waals surface area contributed by atoms with Crippen LogP contribution >= 0.6 is 0 Å². The van der Waals surface area contributed by atoms with Gasteiger partial charge in [-0.2, -0.15) is 0 Å². The van der Waals surface area contributed by atoms with E-state index in [9.17, 15) is 0 Å². The van der Waals surface area contributed by atoms with Gasteiger partial charge < -0.3 is 10.1 Å². The van der Waals surface area contributed by atoms with Crippen LogP contribution in [0, 0.1) is 0 Å². The number of aromatic nitrogens is 1. The second-order valence-corrected chi connectivity index (χ2v) is 5.24. The van der Waals surface area contributed by atoms with E-state index in [0.29, 0.717) is 6.04 Å². The number of nitrogens with zero attached hydrogens (tertiary/aromatic N) is 1. The zero-order valence-corrected chi connectivity index (χ0v) is 12.6. The Morgan fingerprint density at radius 3 is 2.90 bits per heavy atom. The summed E-state index contributed by atoms with van der Waals surface area (Å²) in [5, 5.41) is 4.79. The highest BCUT2D eigenvalue weighted by atomic mass is 16.5. The van der Waals surface area contributed by atoms with E-state index in [-0.39, 0.29) is 6.10 Å². The van der Waals surface area contributed by atoms with Gasteiger partial charge in [-0.3, -0.25) is 4.98 Å². The number of fused-ring (bicyclic) bond motifs is 1. The minimum Gasteiger partial charge on any atom is -0.382 e. The molecule has 0 aliphatic heterocycles. The SMILES string of the molecule is CCCNC(CC(C)OC)c1ccc2cccnc2c1. The Labute approximate surface area is 121 Å². The van der Waals surface area contributed by atoms with Crippen molar-refractivity contribution >= 4 is 10.9 Å². The lowest BCUT2D eigenvalue weighted by Crippen LogP contribution is -2.26. The molecule has 1 N–H and O–H groups in total. The normalized spacial score (nSPS) is 14.3. The molecular weight excluding hydrogens is 248 g/mol. The summed E-state index contributed by atoms with van der Waals surface area (Å²) in [5.41, 5.74) is 2.34. The van der Waals surface area contributed by atoms with Gasteiger partial charge in [0.15, 0.2) is 0 Å². The third kappa shape index (κ3) is 3.78. The molecule has 1 aromatic carbocycles. The van der Waals surface area contributed by atoms with Gasteiger partial charge in [0, 0.05) is 24.7 Å². The molecule has 108 valence electrons. The van der Waals surface area contributed by atoms with Gasteiger partial charge in [-0.15, -0.1) is 0 Å². The number of hydrogen-bond acceptors (Lipinski definition) is 3. The van der Waals surface area contributed by atoms with Crippen LogP contribution in [0.3, 0.4) is 0 Å². The molecule has 0 fully saturated rings. The van der Waals surface area contributed by atoms with E-state index >= 15 is 0 Å². The molecule has 2 rings (SSSR count). The average molecular weight is 272 g/mol. The van der Waals surface area contributed by atoms with Crippen LogP contribution in [-0.2, 0) is 4.74 Å². The Hall–Kier alpha value is -1.45. The van der Waals surface area contributed by atoms with Crippen molar-refractivity contribution in [3.05, 3.63) is 42.1 Å². The topological polar surface area (TPSA) is 34.1 Å². The molecule has 2 aromatic rings. The molecule has 20 heavy (non-hydrogen) atoms. The molecule has 3 heteroatoms. The van der Waals surface area contributed by atoms with Crippen LogP contribution in [0.25, 0.3) is 10.9 Å². The number of ether oxygens (including phenoxy) is 1. The quantitative estimate of drug-likeness (QED) is 0.834. The van der Waals surface area contributed by atoms with Gasteiger partial charge in [-0.25, -0.2) is 0 Å². The van der Waals surface area contributed by atoms with Crippen molar-refractivity contribution in [1.82, 2.24) is 10.3 Å². The van der Waals surface area contributed by atoms with E-state index in [0.717, 1.165) is 24.9 Å². The summed E-state index contributed by atoms with van der Waals surface area (Å²) >= 11 is 0. The van der Waals surface area contributed by atoms with Gasteiger partial charge in [0.05, 0.1) is 11.6 Å². The predicted octanol–water partition coefficient (Wildman–Crippen LogP) is 3.70. The third-order valence-corrected chi connectivity index (χ3v) is 3.64. The molecule has 0 saturated carbocycles. The first-order valence-corrected chi connectivity index (χ1v) is 7.35. The molecule has 0 radical (unpaired) electrons. The highest BCUT2D eigenvalue weighted by molar-refractivity contribution is 5.78. The van der Waals surface area contributed by atoms with Crippen molar-refractivity contribution in [3.8, 4) is 0 Å². The number of hydrogen-bond donors (Lipinski definition) is 1. The fourth-order valence-electron chi connectivity index (χ4n) is 2.38. The summed E-state index contributed by atoms with van der Waals surface area (Å²) in [6.07, 6.45) is 4.18. The fraction of sp³-hybridized carbons (Fsp3) is 0.471. The Balaban J connectivity index is 2.24. The van der Waals surface area contributed by atoms with Crippen LogP contribution in [0.2, 0.25) is 0 Å². The van der Waals surface area contributed by atoms with E-state index in [1.165, 1.54) is 10.9 Å². The second-order valence-electron chi connectivity index (χ2n) is 5.24. The molecule has 3 nitrogen and oxygen atoms in total. The number of nitrogens with one attached hydrogen (secondary N) is 1. The summed E-state index contributed by atoms with van der Waals surface area (Å²) in [7, 11) is 1.77. The van der Waals surface area contributed by atoms with E-state index in [1.54, 1.807) is 7.11 Å². The van der Waals surface area contributed by atoms with Crippen LogP contribution in [0.5, 0.6) is 0 Å². The molecule has 0 amide bonds. The van der Waals surface area contributed by atoms with Crippen LogP contribution in [0.4, 0.5) is 0 Å². The van der Waals surface area contributed by atoms with E-state index in [2.05, 4.69) is 48.4 Å². The highest BCUT2D eigenvalue weighted by Crippen LogP contribution is 2.23. The van der Waals surface area contributed by atoms with Gasteiger partial charge in [-0.05, 0) is 44.0 Å². The van der Waals surface area contributed by atoms with Crippen molar-refractivity contribution in [1.29, 1.82) is 0 Å². The van der Waals surface area contributed by atoms with Crippen LogP contribution < -0.4 is 5.32 Å². The monoisotopic (exact) mass is 272 g/mol. The van der Waals surface area contributed by atoms with Crippen LogP contribution in [0.15, 0.2) is 36.5 Å². The summed E-state index contributed by atoms with van der Waals surface area (Å²) in [5.74, 6) is 0. The van der Waals surface area contributed by atoms with Gasteiger partial charge in [0.1, 0.15) is 0 Å². The Morgan fingerprint density at radius 1 is 1.30 bits per heavy atom. The maximum absolute atomic E-state index is 5.41. The molecule has 0 spiro atoms. The number of benzene rings is 1. The van der Waals surface area contributed by atoms with Crippen molar-refractivity contribution in [3.63, 3.8) is 0 Å². The standard InChI is InChI=1S/C17H24N2O/c1-4-9-18-16(11-13(2)20-3)15-8-7-14-6-5-10-19-17(14)12-15/h5-8,10,12-13,16,18H,4,9,11H2,1-3H3. The predicted molar refractivity (Wildman–Crippen MR) is 83.9 cm³/mol. The Morgan fingerprint density at radius 2 is 2.15 bits per heavy atom. The molecule has 0 saturated heterocycles. The fourth-order valence-corrected chi connectivity index (χ4v) is 2.38. The van der Waals surface area contributed by atoms with Crippen LogP contribution in [-0.4, -0.2) is 24.7 Å². The minimum absolute atomic E-state index is 0.240. The van der Waals surface area contributed by atoms with E-state index < -0.39 is 0 Å². The van der Waals surface area contributed by atoms with Gasteiger partial charge in [-0.1, -0.05) is 25.1 Å². The molecule has 1 aromatic heterocycles. The maximum atomic E-state index is 5.41. The van der Waals surface area contributed by atoms with Crippen molar-refractivity contribution < 1.29 is 4.74 Å². The molecule has 0 aliphatic rings. The third-order valence-electron chi connectivity index (χ3n) is 3.64. The Kier molecular flexibility index (Phi) is 5.50. The molecule has 2 atom stereocenters. The van der Waals surface area contributed by atoms with Gasteiger partial charge in [0.2, 0.25) is 0 Å². The maximum Gasteiger partial charge on any atom is 0.0705 e. The lowest BCUT2D eigenvalue weighted by atomic mass is 9.99. The zero-order chi connectivity index (χ0) is 14.4. The summed E-state index contributed by atoms with van der Waals surface area (Å²) in [6.45, 7) is 5.31. The molecule has 0 aliphatic carbocycles. The zero-order valence-electron chi connectivity index (χ0n) is 12.6. The van der Waals surface area contributed by atoms with Gasteiger partial charge >= 0.3 is 0 Å². The highest BCUT2D eigenvalue weighted by Gasteiger charge is 2.15. The lowest BCUT2D eigenvalue weighted by Gasteiger charge is -2.22. The molecule has 2 unspecified atom stereocenters. The summed E-state index contributed by atoms with van der Waals surface area (Å²) in [6, 6.07) is 10.9. The first-order valence-electron chi connectivity index (χ1n) is 7.35. The lowest BCUT2D eigenvalue weighted by molar-refractivity contribution is 0.100. The van der Waals surface area contributed by atoms with E-state index in [1.807, 2.05) is 12.3 Å². The molecule has 1 heterocycles. The smallest absolute Gasteiger partial charge is 0.0705 e. The number of methoxy groups -OCH3 is 1. The Bertz CT molecular complexity index is 541. The van der Waals surface area contributed by atoms with E-state index in [4.69, 9.17) is 4.74 Å². The minimum atomic E-state index is 0.240.